The van der Waals surface area contributed by atoms with Crippen LogP contribution in [0.5, 0.6) is 0 Å². The second-order valence-corrected chi connectivity index (χ2v) is 6.07. The van der Waals surface area contributed by atoms with Crippen LogP contribution in [-0.2, 0) is 0 Å². The summed E-state index contributed by atoms with van der Waals surface area (Å²) >= 11 is 0. The molecule has 0 saturated carbocycles. The normalized spacial score (nSPS) is 11.2. The standard InChI is InChI=1S/C18H26N4O/c1-14(2)22(3)12-5-4-10-20-18(23)21-16-8-9-17-15(13-16)7-6-11-19-17/h6-9,11,13-14H,4-5,10,12H2,1-3H3,(H2,20,21,23). The molecule has 1 heterocycles. The summed E-state index contributed by atoms with van der Waals surface area (Å²) in [4.78, 5) is 18.5. The SMILES string of the molecule is CC(C)N(C)CCCCNC(=O)Nc1ccc2ncccc2c1. The Morgan fingerprint density at radius 3 is 2.87 bits per heavy atom. The van der Waals surface area contributed by atoms with Crippen molar-refractivity contribution in [2.24, 2.45) is 0 Å². The van der Waals surface area contributed by atoms with E-state index in [-0.39, 0.29) is 6.03 Å². The van der Waals surface area contributed by atoms with E-state index in [1.807, 2.05) is 30.3 Å². The van der Waals surface area contributed by atoms with Crippen LogP contribution in [0.25, 0.3) is 10.9 Å². The average Bonchev–Trinajstić information content (AvgIpc) is 2.54. The van der Waals surface area contributed by atoms with Crippen molar-refractivity contribution < 1.29 is 4.79 Å². The number of benzene rings is 1. The molecular formula is C18H26N4O. The van der Waals surface area contributed by atoms with Crippen LogP contribution < -0.4 is 10.6 Å². The number of amides is 2. The maximum Gasteiger partial charge on any atom is 0.319 e. The molecule has 124 valence electrons. The maximum atomic E-state index is 11.9. The molecule has 0 aliphatic heterocycles. The molecule has 0 radical (unpaired) electrons. The summed E-state index contributed by atoms with van der Waals surface area (Å²) in [6.07, 6.45) is 3.82. The Morgan fingerprint density at radius 2 is 2.09 bits per heavy atom. The second kappa shape index (κ2) is 8.48. The molecule has 0 saturated heterocycles. The van der Waals surface area contributed by atoms with Gasteiger partial charge >= 0.3 is 6.03 Å². The van der Waals surface area contributed by atoms with Gasteiger partial charge in [-0.3, -0.25) is 4.98 Å². The van der Waals surface area contributed by atoms with E-state index >= 15 is 0 Å². The molecule has 0 fully saturated rings. The van der Waals surface area contributed by atoms with Crippen LogP contribution in [0.15, 0.2) is 36.5 Å². The summed E-state index contributed by atoms with van der Waals surface area (Å²) in [5.41, 5.74) is 1.70. The molecule has 0 spiro atoms. The molecule has 0 unspecified atom stereocenters. The number of carbonyl (C=O) groups is 1. The van der Waals surface area contributed by atoms with Crippen LogP contribution in [0.3, 0.4) is 0 Å². The van der Waals surface area contributed by atoms with Crippen LogP contribution in [-0.4, -0.2) is 42.1 Å². The minimum Gasteiger partial charge on any atom is -0.338 e. The summed E-state index contributed by atoms with van der Waals surface area (Å²) in [5.74, 6) is 0. The van der Waals surface area contributed by atoms with Gasteiger partial charge < -0.3 is 15.5 Å². The number of urea groups is 1. The van der Waals surface area contributed by atoms with Gasteiger partial charge in [0, 0.05) is 29.9 Å². The van der Waals surface area contributed by atoms with Gasteiger partial charge in [-0.1, -0.05) is 6.07 Å². The number of hydrogen-bond donors (Lipinski definition) is 2. The highest BCUT2D eigenvalue weighted by Gasteiger charge is 2.04. The lowest BCUT2D eigenvalue weighted by atomic mass is 10.2. The van der Waals surface area contributed by atoms with Gasteiger partial charge in [0.05, 0.1) is 5.52 Å². The smallest absolute Gasteiger partial charge is 0.319 e. The molecule has 1 aromatic heterocycles. The maximum absolute atomic E-state index is 11.9. The van der Waals surface area contributed by atoms with Crippen LogP contribution >= 0.6 is 0 Å². The predicted molar refractivity (Wildman–Crippen MR) is 95.8 cm³/mol. The highest BCUT2D eigenvalue weighted by atomic mass is 16.2. The monoisotopic (exact) mass is 314 g/mol. The molecule has 5 nitrogen and oxygen atoms in total. The zero-order valence-corrected chi connectivity index (χ0v) is 14.2. The quantitative estimate of drug-likeness (QED) is 0.769. The van der Waals surface area contributed by atoms with Gasteiger partial charge in [0.1, 0.15) is 0 Å². The largest absolute Gasteiger partial charge is 0.338 e. The number of nitrogens with one attached hydrogen (secondary N) is 2. The van der Waals surface area contributed by atoms with Crippen molar-refractivity contribution in [1.82, 2.24) is 15.2 Å². The predicted octanol–water partition coefficient (Wildman–Crippen LogP) is 3.48. The zero-order valence-electron chi connectivity index (χ0n) is 14.2. The Labute approximate surface area is 138 Å². The molecule has 1 aromatic carbocycles. The summed E-state index contributed by atoms with van der Waals surface area (Å²) in [6.45, 7) is 6.11. The molecule has 0 atom stereocenters. The Morgan fingerprint density at radius 1 is 1.26 bits per heavy atom. The average molecular weight is 314 g/mol. The molecule has 2 rings (SSSR count). The highest BCUT2D eigenvalue weighted by Crippen LogP contribution is 2.16. The zero-order chi connectivity index (χ0) is 16.7. The van der Waals surface area contributed by atoms with Crippen molar-refractivity contribution >= 4 is 22.6 Å². The fraction of sp³-hybridized carbons (Fsp3) is 0.444. The molecule has 5 heteroatoms. The van der Waals surface area contributed by atoms with Crippen molar-refractivity contribution in [2.75, 3.05) is 25.5 Å². The molecule has 2 aromatic rings. The fourth-order valence-corrected chi connectivity index (χ4v) is 2.27. The Hall–Kier alpha value is -2.14. The number of aromatic nitrogens is 1. The number of unbranched alkanes of at least 4 members (excludes halogenated alkanes) is 1. The lowest BCUT2D eigenvalue weighted by Gasteiger charge is -2.20. The second-order valence-electron chi connectivity index (χ2n) is 6.07. The van der Waals surface area contributed by atoms with Crippen molar-refractivity contribution in [3.05, 3.63) is 36.5 Å². The van der Waals surface area contributed by atoms with Crippen LogP contribution in [0, 0.1) is 0 Å². The van der Waals surface area contributed by atoms with Gasteiger partial charge in [0.25, 0.3) is 0 Å². The van der Waals surface area contributed by atoms with E-state index in [0.29, 0.717) is 12.6 Å². The van der Waals surface area contributed by atoms with E-state index in [0.717, 1.165) is 36.0 Å². The molecule has 2 N–H and O–H groups in total. The van der Waals surface area contributed by atoms with E-state index in [2.05, 4.69) is 41.4 Å². The third kappa shape index (κ3) is 5.53. The molecule has 0 aliphatic carbocycles. The van der Waals surface area contributed by atoms with E-state index in [1.54, 1.807) is 6.20 Å². The molecule has 0 bridgehead atoms. The first-order valence-corrected chi connectivity index (χ1v) is 8.16. The lowest BCUT2D eigenvalue weighted by Crippen LogP contribution is -2.31. The van der Waals surface area contributed by atoms with Gasteiger partial charge in [0.15, 0.2) is 0 Å². The first kappa shape index (κ1) is 17.2. The topological polar surface area (TPSA) is 57.3 Å². The van der Waals surface area contributed by atoms with Crippen LogP contribution in [0.2, 0.25) is 0 Å². The molecule has 23 heavy (non-hydrogen) atoms. The van der Waals surface area contributed by atoms with Crippen molar-refractivity contribution in [2.45, 2.75) is 32.7 Å². The molecule has 0 aliphatic rings. The van der Waals surface area contributed by atoms with E-state index in [4.69, 9.17) is 0 Å². The summed E-state index contributed by atoms with van der Waals surface area (Å²) < 4.78 is 0. The van der Waals surface area contributed by atoms with Crippen molar-refractivity contribution in [3.63, 3.8) is 0 Å². The van der Waals surface area contributed by atoms with Gasteiger partial charge in [-0.15, -0.1) is 0 Å². The minimum atomic E-state index is -0.162. The van der Waals surface area contributed by atoms with E-state index < -0.39 is 0 Å². The van der Waals surface area contributed by atoms with Crippen LogP contribution in [0.1, 0.15) is 26.7 Å². The van der Waals surface area contributed by atoms with Gasteiger partial charge in [-0.25, -0.2) is 4.79 Å². The van der Waals surface area contributed by atoms with Gasteiger partial charge in [-0.2, -0.15) is 0 Å². The van der Waals surface area contributed by atoms with E-state index in [1.165, 1.54) is 0 Å². The lowest BCUT2D eigenvalue weighted by molar-refractivity contribution is 0.250. The summed E-state index contributed by atoms with van der Waals surface area (Å²) in [5, 5.41) is 6.78. The Bertz CT molecular complexity index is 642. The first-order chi connectivity index (χ1) is 11.1. The molecular weight excluding hydrogens is 288 g/mol. The van der Waals surface area contributed by atoms with Crippen molar-refractivity contribution in [1.29, 1.82) is 0 Å². The van der Waals surface area contributed by atoms with Crippen LogP contribution in [0.4, 0.5) is 10.5 Å². The fourth-order valence-electron chi connectivity index (χ4n) is 2.27. The number of pyridine rings is 1. The minimum absolute atomic E-state index is 0.162. The number of carbonyl (C=O) groups excluding carboxylic acids is 1. The third-order valence-electron chi connectivity index (χ3n) is 3.97. The number of fused-ring (bicyclic) bond motifs is 1. The van der Waals surface area contributed by atoms with E-state index in [9.17, 15) is 4.79 Å². The first-order valence-electron chi connectivity index (χ1n) is 8.16. The Balaban J connectivity index is 1.71. The van der Waals surface area contributed by atoms with Gasteiger partial charge in [-0.05, 0) is 64.5 Å². The number of hydrogen-bond acceptors (Lipinski definition) is 3. The summed E-state index contributed by atoms with van der Waals surface area (Å²) in [6, 6.07) is 9.98. The Kier molecular flexibility index (Phi) is 6.35. The van der Waals surface area contributed by atoms with Crippen molar-refractivity contribution in [3.8, 4) is 0 Å². The molecule has 2 amide bonds. The van der Waals surface area contributed by atoms with Gasteiger partial charge in [0.2, 0.25) is 0 Å². The third-order valence-corrected chi connectivity index (χ3v) is 3.97. The number of anilines is 1. The number of nitrogens with zero attached hydrogens (tertiary/aromatic N) is 2. The number of rotatable bonds is 7. The highest BCUT2D eigenvalue weighted by molar-refractivity contribution is 5.92. The summed E-state index contributed by atoms with van der Waals surface area (Å²) in [7, 11) is 2.12.